The maximum atomic E-state index is 12.7. The Morgan fingerprint density at radius 1 is 1.39 bits per heavy atom. The molecule has 3 unspecified atom stereocenters. The Balaban J connectivity index is 1.81. The quantitative estimate of drug-likeness (QED) is 0.800. The van der Waals surface area contributed by atoms with E-state index in [1.165, 1.54) is 11.1 Å². The minimum absolute atomic E-state index is 0.0186. The number of rotatable bonds is 1. The first kappa shape index (κ1) is 14.0. The van der Waals surface area contributed by atoms with E-state index >= 15 is 0 Å². The number of carbonyl (C=O) groups is 1. The lowest BCUT2D eigenvalue weighted by Gasteiger charge is -2.59. The Morgan fingerprint density at radius 2 is 2.22 bits per heavy atom. The molecule has 1 aromatic rings. The van der Waals surface area contributed by atoms with Crippen molar-refractivity contribution in [1.82, 2.24) is 0 Å². The number of aliphatic hydroxyl groups is 1. The van der Waals surface area contributed by atoms with Gasteiger partial charge in [-0.1, -0.05) is 12.1 Å². The van der Waals surface area contributed by atoms with Crippen molar-refractivity contribution in [1.29, 1.82) is 0 Å². The van der Waals surface area contributed by atoms with E-state index in [-0.39, 0.29) is 23.9 Å². The molecule has 5 rings (SSSR count). The van der Waals surface area contributed by atoms with Crippen molar-refractivity contribution in [2.45, 2.75) is 49.9 Å². The first-order chi connectivity index (χ1) is 11.0. The fourth-order valence-corrected chi connectivity index (χ4v) is 6.10. The van der Waals surface area contributed by atoms with Gasteiger partial charge in [-0.2, -0.15) is 0 Å². The summed E-state index contributed by atoms with van der Waals surface area (Å²) in [6.07, 6.45) is 3.41. The van der Waals surface area contributed by atoms with E-state index < -0.39 is 0 Å². The largest absolute Gasteiger partial charge is 0.481 e. The predicted molar refractivity (Wildman–Crippen MR) is 85.3 cm³/mol. The molecular weight excluding hydrogens is 290 g/mol. The number of Topliss-reactive ketones (excluding diaryl/α,β-unsaturated/α-hetero) is 1. The van der Waals surface area contributed by atoms with Crippen molar-refractivity contribution < 1.29 is 19.1 Å². The molecule has 2 aliphatic carbocycles. The molecule has 4 atom stereocenters. The summed E-state index contributed by atoms with van der Waals surface area (Å²) < 4.78 is 7.31. The van der Waals surface area contributed by atoms with Crippen molar-refractivity contribution in [3.05, 3.63) is 28.8 Å². The second-order valence-electron chi connectivity index (χ2n) is 8.42. The number of benzene rings is 1. The van der Waals surface area contributed by atoms with Gasteiger partial charge in [0.15, 0.2) is 11.9 Å². The van der Waals surface area contributed by atoms with Gasteiger partial charge in [-0.3, -0.25) is 4.79 Å². The summed E-state index contributed by atoms with van der Waals surface area (Å²) in [5, 5.41) is 9.71. The number of quaternary nitrogens is 1. The van der Waals surface area contributed by atoms with Crippen molar-refractivity contribution in [3.63, 3.8) is 0 Å². The normalized spacial score (nSPS) is 38.9. The summed E-state index contributed by atoms with van der Waals surface area (Å²) in [5.74, 6) is 1.62. The summed E-state index contributed by atoms with van der Waals surface area (Å²) in [4.78, 5) is 12.7. The molecule has 4 nitrogen and oxygen atoms in total. The van der Waals surface area contributed by atoms with E-state index in [1.54, 1.807) is 0 Å². The van der Waals surface area contributed by atoms with Crippen LogP contribution in [0.15, 0.2) is 12.1 Å². The van der Waals surface area contributed by atoms with Crippen LogP contribution in [-0.2, 0) is 23.2 Å². The number of likely N-dealkylation sites (tertiary alicyclic amines) is 1. The molecule has 1 N–H and O–H groups in total. The Bertz CT molecular complexity index is 726. The highest BCUT2D eigenvalue weighted by atomic mass is 16.5. The van der Waals surface area contributed by atoms with Gasteiger partial charge in [-0.05, 0) is 12.0 Å². The first-order valence-corrected chi connectivity index (χ1v) is 8.77. The van der Waals surface area contributed by atoms with Crippen molar-refractivity contribution in [2.24, 2.45) is 5.92 Å². The van der Waals surface area contributed by atoms with E-state index in [2.05, 4.69) is 20.2 Å². The van der Waals surface area contributed by atoms with Gasteiger partial charge in [-0.25, -0.2) is 0 Å². The van der Waals surface area contributed by atoms with Crippen LogP contribution in [0.4, 0.5) is 0 Å². The molecule has 2 heterocycles. The van der Waals surface area contributed by atoms with E-state index in [0.29, 0.717) is 18.4 Å². The van der Waals surface area contributed by atoms with Crippen LogP contribution in [0.3, 0.4) is 0 Å². The Morgan fingerprint density at radius 3 is 3.00 bits per heavy atom. The number of hydrogen-bond acceptors (Lipinski definition) is 3. The standard InChI is InChI=1S/C19H24NO3/c1-20(2)8-7-19-13-5-6-15(22)18(19)23-17-12(10-21)4-3-11(16(17)19)9-14(13)20/h3-4,13-14,18,21H,5-10H2,1-2H3/q+1/t13?,14?,18?,19-/m1/s1. The van der Waals surface area contributed by atoms with Crippen LogP contribution in [0.25, 0.3) is 0 Å². The number of carbonyl (C=O) groups excluding carboxylic acids is 1. The smallest absolute Gasteiger partial charge is 0.174 e. The lowest BCUT2D eigenvalue weighted by atomic mass is 9.51. The fourth-order valence-electron chi connectivity index (χ4n) is 6.10. The van der Waals surface area contributed by atoms with Crippen LogP contribution in [0, 0.1) is 5.92 Å². The molecule has 1 saturated carbocycles. The van der Waals surface area contributed by atoms with Gasteiger partial charge in [0, 0.05) is 36.3 Å². The third kappa shape index (κ3) is 1.47. The number of ketones is 1. The number of ether oxygens (including phenoxy) is 1. The maximum absolute atomic E-state index is 12.7. The molecule has 0 amide bonds. The third-order valence-corrected chi connectivity index (χ3v) is 7.21. The van der Waals surface area contributed by atoms with E-state index in [0.717, 1.165) is 41.6 Å². The molecule has 1 aromatic carbocycles. The van der Waals surface area contributed by atoms with Gasteiger partial charge < -0.3 is 14.3 Å². The average molecular weight is 314 g/mol. The number of likely N-dealkylation sites (N-methyl/N-ethyl adjacent to an activating group) is 1. The Labute approximate surface area is 136 Å². The van der Waals surface area contributed by atoms with Crippen LogP contribution in [0.5, 0.6) is 5.75 Å². The maximum Gasteiger partial charge on any atom is 0.174 e. The van der Waals surface area contributed by atoms with E-state index in [1.807, 2.05) is 6.07 Å². The molecule has 2 aliphatic heterocycles. The molecule has 2 bridgehead atoms. The predicted octanol–water partition coefficient (Wildman–Crippen LogP) is 1.56. The molecule has 2 fully saturated rings. The summed E-state index contributed by atoms with van der Waals surface area (Å²) in [6, 6.07) is 4.73. The molecule has 23 heavy (non-hydrogen) atoms. The Kier molecular flexibility index (Phi) is 2.54. The Hall–Kier alpha value is -1.39. The molecular formula is C19H24NO3+. The summed E-state index contributed by atoms with van der Waals surface area (Å²) >= 11 is 0. The number of piperidine rings is 1. The van der Waals surface area contributed by atoms with Gasteiger partial charge >= 0.3 is 0 Å². The van der Waals surface area contributed by atoms with Gasteiger partial charge in [0.1, 0.15) is 5.75 Å². The molecule has 1 saturated heterocycles. The van der Waals surface area contributed by atoms with Crippen LogP contribution >= 0.6 is 0 Å². The van der Waals surface area contributed by atoms with Gasteiger partial charge in [-0.15, -0.1) is 0 Å². The molecule has 4 aliphatic rings. The molecule has 0 radical (unpaired) electrons. The summed E-state index contributed by atoms with van der Waals surface area (Å²) in [5.41, 5.74) is 3.35. The van der Waals surface area contributed by atoms with Gasteiger partial charge in [0.2, 0.25) is 0 Å². The van der Waals surface area contributed by atoms with Gasteiger partial charge in [0.25, 0.3) is 0 Å². The molecule has 4 heteroatoms. The highest BCUT2D eigenvalue weighted by molar-refractivity contribution is 5.88. The van der Waals surface area contributed by atoms with Crippen LogP contribution in [0.1, 0.15) is 36.0 Å². The van der Waals surface area contributed by atoms with Crippen LogP contribution < -0.4 is 4.74 Å². The van der Waals surface area contributed by atoms with E-state index in [9.17, 15) is 9.90 Å². The van der Waals surface area contributed by atoms with Crippen molar-refractivity contribution in [2.75, 3.05) is 20.6 Å². The van der Waals surface area contributed by atoms with Crippen LogP contribution in [0.2, 0.25) is 0 Å². The lowest BCUT2D eigenvalue weighted by Crippen LogP contribution is -2.70. The first-order valence-electron chi connectivity index (χ1n) is 8.77. The lowest BCUT2D eigenvalue weighted by molar-refractivity contribution is -0.927. The SMILES string of the molecule is C[N+]1(C)CC[C@@]23c4c5ccc(CO)c4OC2C(=O)CCC3C1C5. The number of nitrogens with zero attached hydrogens (tertiary/aromatic N) is 1. The molecule has 1 spiro atoms. The summed E-state index contributed by atoms with van der Waals surface area (Å²) in [7, 11) is 4.68. The summed E-state index contributed by atoms with van der Waals surface area (Å²) in [6.45, 7) is 1.08. The third-order valence-electron chi connectivity index (χ3n) is 7.21. The fraction of sp³-hybridized carbons (Fsp3) is 0.632. The van der Waals surface area contributed by atoms with Gasteiger partial charge in [0.05, 0.1) is 38.7 Å². The minimum Gasteiger partial charge on any atom is -0.481 e. The molecule has 122 valence electrons. The zero-order valence-electron chi connectivity index (χ0n) is 13.8. The highest BCUT2D eigenvalue weighted by Crippen LogP contribution is 2.62. The second-order valence-corrected chi connectivity index (χ2v) is 8.42. The number of aliphatic hydroxyl groups excluding tert-OH is 1. The second kappa shape index (κ2) is 4.17. The van der Waals surface area contributed by atoms with E-state index in [4.69, 9.17) is 4.74 Å². The topological polar surface area (TPSA) is 46.5 Å². The number of hydrogen-bond donors (Lipinski definition) is 1. The average Bonchev–Trinajstić information content (AvgIpc) is 2.88. The minimum atomic E-state index is -0.314. The monoisotopic (exact) mass is 314 g/mol. The highest BCUT2D eigenvalue weighted by Gasteiger charge is 2.68. The molecule has 0 aromatic heterocycles. The van der Waals surface area contributed by atoms with Crippen LogP contribution in [-0.4, -0.2) is 48.2 Å². The zero-order valence-corrected chi connectivity index (χ0v) is 13.8. The van der Waals surface area contributed by atoms with Crippen molar-refractivity contribution >= 4 is 5.78 Å². The van der Waals surface area contributed by atoms with Crippen molar-refractivity contribution in [3.8, 4) is 5.75 Å². The zero-order chi connectivity index (χ0) is 16.0.